The topological polar surface area (TPSA) is 71.6 Å². The lowest BCUT2D eigenvalue weighted by Gasteiger charge is -2.19. The van der Waals surface area contributed by atoms with E-state index in [0.29, 0.717) is 31.4 Å². The van der Waals surface area contributed by atoms with Gasteiger partial charge in [0, 0.05) is 32.3 Å². The number of nitrogens with one attached hydrogen (secondary N) is 2. The van der Waals surface area contributed by atoms with Crippen LogP contribution in [-0.4, -0.2) is 55.8 Å². The number of hydrogen-bond acceptors (Lipinski definition) is 6. The van der Waals surface area contributed by atoms with Gasteiger partial charge in [-0.05, 0) is 42.5 Å². The summed E-state index contributed by atoms with van der Waals surface area (Å²) in [6, 6.07) is 11.5. The molecule has 31 heavy (non-hydrogen) atoms. The van der Waals surface area contributed by atoms with Gasteiger partial charge in [-0.1, -0.05) is 0 Å². The van der Waals surface area contributed by atoms with Gasteiger partial charge < -0.3 is 29.4 Å². The molecule has 1 aliphatic rings. The van der Waals surface area contributed by atoms with Crippen molar-refractivity contribution in [2.45, 2.75) is 18.9 Å². The molecule has 1 aliphatic heterocycles. The van der Waals surface area contributed by atoms with E-state index in [1.807, 2.05) is 12.1 Å². The van der Waals surface area contributed by atoms with Gasteiger partial charge >= 0.3 is 6.36 Å². The molecule has 3 aromatic rings. The number of alkyl halides is 3. The molecular formula is C21H23F3N4O3. The first-order chi connectivity index (χ1) is 14.9. The molecule has 1 aromatic heterocycles. The highest BCUT2D eigenvalue weighted by Crippen LogP contribution is 2.28. The molecule has 0 aliphatic carbocycles. The molecule has 0 radical (unpaired) electrons. The summed E-state index contributed by atoms with van der Waals surface area (Å²) >= 11 is 0. The van der Waals surface area contributed by atoms with Gasteiger partial charge in [-0.15, -0.1) is 13.2 Å². The lowest BCUT2D eigenvalue weighted by molar-refractivity contribution is -0.274. The molecule has 0 spiro atoms. The standard InChI is InChI=1S/C21H23F3N4O3/c1-29-11-9-25-20-26-18-7-2-14(12-19(18)27-20)28-10-8-17(13-28)30-15-3-5-16(6-4-15)31-21(22,23)24/h2-7,12,17H,8-11,13H2,1H3,(H2,25,26,27). The van der Waals surface area contributed by atoms with Crippen molar-refractivity contribution < 1.29 is 27.4 Å². The number of aromatic amines is 1. The molecular weight excluding hydrogens is 413 g/mol. The number of ether oxygens (including phenoxy) is 3. The molecule has 0 amide bonds. The maximum absolute atomic E-state index is 12.3. The highest BCUT2D eigenvalue weighted by molar-refractivity contribution is 5.81. The van der Waals surface area contributed by atoms with Crippen LogP contribution in [0.3, 0.4) is 0 Å². The zero-order valence-electron chi connectivity index (χ0n) is 16.9. The monoisotopic (exact) mass is 436 g/mol. The first-order valence-electron chi connectivity index (χ1n) is 9.89. The van der Waals surface area contributed by atoms with E-state index in [-0.39, 0.29) is 11.9 Å². The summed E-state index contributed by atoms with van der Waals surface area (Å²) in [6.45, 7) is 2.76. The van der Waals surface area contributed by atoms with E-state index in [9.17, 15) is 13.2 Å². The van der Waals surface area contributed by atoms with Crippen molar-refractivity contribution in [2.75, 3.05) is 43.6 Å². The van der Waals surface area contributed by atoms with Crippen molar-refractivity contribution in [2.24, 2.45) is 0 Å². The SMILES string of the molecule is COCCNc1nc2ccc(N3CCC(Oc4ccc(OC(F)(F)F)cc4)C3)cc2[nH]1. The van der Waals surface area contributed by atoms with Gasteiger partial charge in [-0.25, -0.2) is 4.98 Å². The highest BCUT2D eigenvalue weighted by Gasteiger charge is 2.31. The van der Waals surface area contributed by atoms with Gasteiger partial charge in [0.2, 0.25) is 5.95 Å². The predicted octanol–water partition coefficient (Wildman–Crippen LogP) is 4.18. The number of imidazole rings is 1. The average molecular weight is 436 g/mol. The minimum absolute atomic E-state index is 0.0573. The predicted molar refractivity (Wildman–Crippen MR) is 111 cm³/mol. The Hall–Kier alpha value is -3.14. The van der Waals surface area contributed by atoms with Crippen molar-refractivity contribution >= 4 is 22.7 Å². The lowest BCUT2D eigenvalue weighted by Crippen LogP contribution is -2.24. The number of rotatable bonds is 8. The van der Waals surface area contributed by atoms with Crippen LogP contribution in [0.4, 0.5) is 24.8 Å². The number of anilines is 2. The van der Waals surface area contributed by atoms with Crippen LogP contribution in [0.5, 0.6) is 11.5 Å². The molecule has 1 unspecified atom stereocenters. The van der Waals surface area contributed by atoms with Gasteiger partial charge in [-0.3, -0.25) is 0 Å². The van der Waals surface area contributed by atoms with Crippen molar-refractivity contribution in [3.05, 3.63) is 42.5 Å². The fraction of sp³-hybridized carbons (Fsp3) is 0.381. The van der Waals surface area contributed by atoms with E-state index in [1.165, 1.54) is 24.3 Å². The summed E-state index contributed by atoms with van der Waals surface area (Å²) in [7, 11) is 1.65. The molecule has 0 bridgehead atoms. The smallest absolute Gasteiger partial charge is 0.489 e. The molecule has 4 rings (SSSR count). The van der Waals surface area contributed by atoms with Gasteiger partial charge in [-0.2, -0.15) is 0 Å². The molecule has 1 atom stereocenters. The van der Waals surface area contributed by atoms with Gasteiger partial charge in [0.1, 0.15) is 17.6 Å². The lowest BCUT2D eigenvalue weighted by atomic mass is 10.2. The molecule has 0 saturated carbocycles. The molecule has 2 N–H and O–H groups in total. The maximum atomic E-state index is 12.3. The summed E-state index contributed by atoms with van der Waals surface area (Å²) in [5.74, 6) is 0.943. The fourth-order valence-corrected chi connectivity index (χ4v) is 3.52. The normalized spacial score (nSPS) is 16.6. The van der Waals surface area contributed by atoms with E-state index in [0.717, 1.165) is 29.7 Å². The van der Waals surface area contributed by atoms with E-state index >= 15 is 0 Å². The Morgan fingerprint density at radius 3 is 2.68 bits per heavy atom. The van der Waals surface area contributed by atoms with Crippen LogP contribution in [0.2, 0.25) is 0 Å². The van der Waals surface area contributed by atoms with Crippen LogP contribution < -0.4 is 19.7 Å². The molecule has 1 fully saturated rings. The Morgan fingerprint density at radius 1 is 1.16 bits per heavy atom. The van der Waals surface area contributed by atoms with Gasteiger partial charge in [0.15, 0.2) is 0 Å². The summed E-state index contributed by atoms with van der Waals surface area (Å²) in [4.78, 5) is 9.98. The number of halogens is 3. The van der Waals surface area contributed by atoms with Crippen LogP contribution in [0.15, 0.2) is 42.5 Å². The Bertz CT molecular complexity index is 1010. The highest BCUT2D eigenvalue weighted by atomic mass is 19.4. The zero-order valence-corrected chi connectivity index (χ0v) is 16.9. The Morgan fingerprint density at radius 2 is 1.94 bits per heavy atom. The van der Waals surface area contributed by atoms with E-state index in [1.54, 1.807) is 7.11 Å². The Kier molecular flexibility index (Phi) is 6.08. The van der Waals surface area contributed by atoms with Crippen molar-refractivity contribution in [1.82, 2.24) is 9.97 Å². The van der Waals surface area contributed by atoms with Crippen LogP contribution in [0.25, 0.3) is 11.0 Å². The number of benzene rings is 2. The van der Waals surface area contributed by atoms with Crippen molar-refractivity contribution in [3.8, 4) is 11.5 Å². The number of hydrogen-bond donors (Lipinski definition) is 2. The minimum Gasteiger partial charge on any atom is -0.489 e. The van der Waals surface area contributed by atoms with Gasteiger partial charge in [0.05, 0.1) is 24.2 Å². The molecule has 2 heterocycles. The first kappa shape index (κ1) is 21.1. The molecule has 7 nitrogen and oxygen atoms in total. The minimum atomic E-state index is -4.70. The summed E-state index contributed by atoms with van der Waals surface area (Å²) in [5.41, 5.74) is 2.86. The Labute approximate surface area is 177 Å². The molecule has 1 saturated heterocycles. The van der Waals surface area contributed by atoms with Crippen LogP contribution in [-0.2, 0) is 4.74 Å². The third kappa shape index (κ3) is 5.52. The summed E-state index contributed by atoms with van der Waals surface area (Å²) in [6.07, 6.45) is -3.95. The van der Waals surface area contributed by atoms with Crippen LogP contribution in [0, 0.1) is 0 Å². The maximum Gasteiger partial charge on any atom is 0.573 e. The number of aromatic nitrogens is 2. The number of H-pyrrole nitrogens is 1. The second kappa shape index (κ2) is 8.93. The van der Waals surface area contributed by atoms with E-state index in [4.69, 9.17) is 9.47 Å². The second-order valence-corrected chi connectivity index (χ2v) is 7.20. The molecule has 2 aromatic carbocycles. The zero-order chi connectivity index (χ0) is 21.8. The number of nitrogens with zero attached hydrogens (tertiary/aromatic N) is 2. The third-order valence-corrected chi connectivity index (χ3v) is 4.93. The molecule has 166 valence electrons. The second-order valence-electron chi connectivity index (χ2n) is 7.20. The summed E-state index contributed by atoms with van der Waals surface area (Å²) < 4.78 is 51.7. The van der Waals surface area contributed by atoms with E-state index in [2.05, 4.69) is 31.0 Å². The average Bonchev–Trinajstić information content (AvgIpc) is 3.34. The van der Waals surface area contributed by atoms with Crippen LogP contribution in [0.1, 0.15) is 6.42 Å². The molecule has 10 heteroatoms. The number of fused-ring (bicyclic) bond motifs is 1. The van der Waals surface area contributed by atoms with Crippen molar-refractivity contribution in [1.29, 1.82) is 0 Å². The fourth-order valence-electron chi connectivity index (χ4n) is 3.52. The van der Waals surface area contributed by atoms with Crippen LogP contribution >= 0.6 is 0 Å². The van der Waals surface area contributed by atoms with Crippen molar-refractivity contribution in [3.63, 3.8) is 0 Å². The first-order valence-corrected chi connectivity index (χ1v) is 9.89. The summed E-state index contributed by atoms with van der Waals surface area (Å²) in [5, 5.41) is 3.18. The Balaban J connectivity index is 1.35. The van der Waals surface area contributed by atoms with E-state index < -0.39 is 6.36 Å². The van der Waals surface area contributed by atoms with Gasteiger partial charge in [0.25, 0.3) is 0 Å². The largest absolute Gasteiger partial charge is 0.573 e. The number of methoxy groups -OCH3 is 1. The quantitative estimate of drug-likeness (QED) is 0.517. The third-order valence-electron chi connectivity index (χ3n) is 4.93.